The Morgan fingerprint density at radius 2 is 1.89 bits per heavy atom. The van der Waals surface area contributed by atoms with Crippen LogP contribution in [0.1, 0.15) is 44.9 Å². The molecule has 0 bridgehead atoms. The summed E-state index contributed by atoms with van der Waals surface area (Å²) in [4.78, 5) is 0. The summed E-state index contributed by atoms with van der Waals surface area (Å²) in [5.41, 5.74) is 0. The molecule has 0 radical (unpaired) electrons. The first-order valence-electron chi connectivity index (χ1n) is 7.75. The number of unbranched alkanes of at least 4 members (excludes halogenated alkanes) is 1. The fourth-order valence-corrected chi connectivity index (χ4v) is 3.15. The van der Waals surface area contributed by atoms with Crippen molar-refractivity contribution in [1.82, 2.24) is 5.32 Å². The summed E-state index contributed by atoms with van der Waals surface area (Å²) in [6.07, 6.45) is 9.41. The molecule has 19 heavy (non-hydrogen) atoms. The zero-order valence-corrected chi connectivity index (χ0v) is 12.1. The van der Waals surface area contributed by atoms with Crippen LogP contribution < -0.4 is 10.1 Å². The molecule has 1 saturated carbocycles. The molecule has 1 unspecified atom stereocenters. The molecule has 1 aliphatic rings. The standard InChI is InChI=1S/C17H27NO/c1-18-17(15-9-5-6-10-15)13-7-8-14-19-16-11-3-2-4-12-16/h2-4,11-12,15,17-18H,5-10,13-14H2,1H3. The number of nitrogens with one attached hydrogen (secondary N) is 1. The molecule has 1 fully saturated rings. The third kappa shape index (κ3) is 4.87. The van der Waals surface area contributed by atoms with Crippen molar-refractivity contribution in [3.63, 3.8) is 0 Å². The Kier molecular flexibility index (Phi) is 6.22. The van der Waals surface area contributed by atoms with Crippen LogP contribution >= 0.6 is 0 Å². The highest BCUT2D eigenvalue weighted by Gasteiger charge is 2.22. The zero-order valence-electron chi connectivity index (χ0n) is 12.1. The predicted octanol–water partition coefficient (Wildman–Crippen LogP) is 4.01. The first-order chi connectivity index (χ1) is 9.40. The minimum absolute atomic E-state index is 0.722. The minimum atomic E-state index is 0.722. The highest BCUT2D eigenvalue weighted by atomic mass is 16.5. The highest BCUT2D eigenvalue weighted by molar-refractivity contribution is 5.20. The Bertz CT molecular complexity index is 332. The number of para-hydroxylation sites is 1. The van der Waals surface area contributed by atoms with Crippen molar-refractivity contribution >= 4 is 0 Å². The van der Waals surface area contributed by atoms with E-state index in [2.05, 4.69) is 12.4 Å². The zero-order chi connectivity index (χ0) is 13.3. The molecule has 106 valence electrons. The third-order valence-corrected chi connectivity index (χ3v) is 4.26. The molecule has 1 aliphatic carbocycles. The summed E-state index contributed by atoms with van der Waals surface area (Å²) in [6, 6.07) is 10.8. The Labute approximate surface area is 117 Å². The van der Waals surface area contributed by atoms with Crippen LogP contribution in [0.5, 0.6) is 5.75 Å². The van der Waals surface area contributed by atoms with Crippen molar-refractivity contribution in [1.29, 1.82) is 0 Å². The quantitative estimate of drug-likeness (QED) is 0.714. The van der Waals surface area contributed by atoms with Crippen LogP contribution in [0.25, 0.3) is 0 Å². The highest BCUT2D eigenvalue weighted by Crippen LogP contribution is 2.29. The molecule has 0 heterocycles. The van der Waals surface area contributed by atoms with Gasteiger partial charge in [-0.2, -0.15) is 0 Å². The average molecular weight is 261 g/mol. The van der Waals surface area contributed by atoms with Gasteiger partial charge in [-0.3, -0.25) is 0 Å². The van der Waals surface area contributed by atoms with Gasteiger partial charge < -0.3 is 10.1 Å². The molecule has 0 aliphatic heterocycles. The van der Waals surface area contributed by atoms with E-state index >= 15 is 0 Å². The van der Waals surface area contributed by atoms with Crippen LogP contribution in [0.2, 0.25) is 0 Å². The van der Waals surface area contributed by atoms with Crippen molar-refractivity contribution in [2.75, 3.05) is 13.7 Å². The van der Waals surface area contributed by atoms with E-state index in [-0.39, 0.29) is 0 Å². The van der Waals surface area contributed by atoms with Gasteiger partial charge >= 0.3 is 0 Å². The largest absolute Gasteiger partial charge is 0.494 e. The smallest absolute Gasteiger partial charge is 0.119 e. The second kappa shape index (κ2) is 8.21. The molecule has 2 heteroatoms. The first kappa shape index (κ1) is 14.4. The topological polar surface area (TPSA) is 21.3 Å². The summed E-state index contributed by atoms with van der Waals surface area (Å²) in [5.74, 6) is 1.91. The Morgan fingerprint density at radius 1 is 1.16 bits per heavy atom. The molecular weight excluding hydrogens is 234 g/mol. The summed E-state index contributed by atoms with van der Waals surface area (Å²) in [7, 11) is 2.11. The van der Waals surface area contributed by atoms with Crippen molar-refractivity contribution < 1.29 is 4.74 Å². The van der Waals surface area contributed by atoms with E-state index in [9.17, 15) is 0 Å². The van der Waals surface area contributed by atoms with Crippen LogP contribution in [-0.4, -0.2) is 19.7 Å². The summed E-state index contributed by atoms with van der Waals surface area (Å²) >= 11 is 0. The third-order valence-electron chi connectivity index (χ3n) is 4.26. The van der Waals surface area contributed by atoms with Crippen molar-refractivity contribution in [3.05, 3.63) is 30.3 Å². The van der Waals surface area contributed by atoms with Crippen LogP contribution in [0.15, 0.2) is 30.3 Å². The lowest BCUT2D eigenvalue weighted by Gasteiger charge is -2.22. The number of rotatable bonds is 8. The van der Waals surface area contributed by atoms with Gasteiger partial charge in [-0.25, -0.2) is 0 Å². The Balaban J connectivity index is 1.58. The minimum Gasteiger partial charge on any atom is -0.494 e. The van der Waals surface area contributed by atoms with E-state index in [1.165, 1.54) is 38.5 Å². The number of hydrogen-bond donors (Lipinski definition) is 1. The van der Waals surface area contributed by atoms with Gasteiger partial charge in [-0.1, -0.05) is 31.0 Å². The molecule has 0 aromatic heterocycles. The lowest BCUT2D eigenvalue weighted by molar-refractivity contribution is 0.290. The van der Waals surface area contributed by atoms with Gasteiger partial charge in [0, 0.05) is 6.04 Å². The van der Waals surface area contributed by atoms with Crippen LogP contribution in [0.3, 0.4) is 0 Å². The predicted molar refractivity (Wildman–Crippen MR) is 80.6 cm³/mol. The molecule has 1 atom stereocenters. The fraction of sp³-hybridized carbons (Fsp3) is 0.647. The second-order valence-electron chi connectivity index (χ2n) is 5.60. The summed E-state index contributed by atoms with van der Waals surface area (Å²) in [5, 5.41) is 3.51. The van der Waals surface area contributed by atoms with E-state index in [1.807, 2.05) is 30.3 Å². The maximum absolute atomic E-state index is 5.73. The number of ether oxygens (including phenoxy) is 1. The molecule has 0 spiro atoms. The maximum atomic E-state index is 5.73. The SMILES string of the molecule is CNC(CCCCOc1ccccc1)C1CCCC1. The molecule has 0 amide bonds. The van der Waals surface area contributed by atoms with Gasteiger partial charge in [0.2, 0.25) is 0 Å². The second-order valence-corrected chi connectivity index (χ2v) is 5.60. The normalized spacial score (nSPS) is 17.5. The van der Waals surface area contributed by atoms with Gasteiger partial charge in [0.05, 0.1) is 6.61 Å². The van der Waals surface area contributed by atoms with E-state index in [4.69, 9.17) is 4.74 Å². The van der Waals surface area contributed by atoms with Crippen LogP contribution in [-0.2, 0) is 0 Å². The number of benzene rings is 1. The molecule has 0 saturated heterocycles. The maximum Gasteiger partial charge on any atom is 0.119 e. The molecule has 2 nitrogen and oxygen atoms in total. The monoisotopic (exact) mass is 261 g/mol. The average Bonchev–Trinajstić information content (AvgIpc) is 2.98. The number of hydrogen-bond acceptors (Lipinski definition) is 2. The first-order valence-corrected chi connectivity index (χ1v) is 7.75. The van der Waals surface area contributed by atoms with E-state index < -0.39 is 0 Å². The Morgan fingerprint density at radius 3 is 2.58 bits per heavy atom. The van der Waals surface area contributed by atoms with Gasteiger partial charge in [0.15, 0.2) is 0 Å². The fourth-order valence-electron chi connectivity index (χ4n) is 3.15. The molecule has 2 rings (SSSR count). The van der Waals surface area contributed by atoms with Gasteiger partial charge in [0.1, 0.15) is 5.75 Å². The molecular formula is C17H27NO. The molecule has 1 aromatic carbocycles. The summed E-state index contributed by atoms with van der Waals surface area (Å²) < 4.78 is 5.73. The van der Waals surface area contributed by atoms with Crippen LogP contribution in [0, 0.1) is 5.92 Å². The summed E-state index contributed by atoms with van der Waals surface area (Å²) in [6.45, 7) is 0.838. The van der Waals surface area contributed by atoms with Crippen molar-refractivity contribution in [3.8, 4) is 5.75 Å². The van der Waals surface area contributed by atoms with E-state index in [0.29, 0.717) is 0 Å². The lowest BCUT2D eigenvalue weighted by atomic mass is 9.94. The Hall–Kier alpha value is -1.02. The van der Waals surface area contributed by atoms with E-state index in [0.717, 1.165) is 30.7 Å². The molecule has 1 N–H and O–H groups in total. The molecule has 1 aromatic rings. The van der Waals surface area contributed by atoms with Crippen LogP contribution in [0.4, 0.5) is 0 Å². The lowest BCUT2D eigenvalue weighted by Crippen LogP contribution is -2.32. The van der Waals surface area contributed by atoms with Gasteiger partial charge in [-0.15, -0.1) is 0 Å². The van der Waals surface area contributed by atoms with Gasteiger partial charge in [0.25, 0.3) is 0 Å². The van der Waals surface area contributed by atoms with Gasteiger partial charge in [-0.05, 0) is 57.2 Å². The van der Waals surface area contributed by atoms with E-state index in [1.54, 1.807) is 0 Å². The van der Waals surface area contributed by atoms with Crippen molar-refractivity contribution in [2.24, 2.45) is 5.92 Å². The van der Waals surface area contributed by atoms with Crippen molar-refractivity contribution in [2.45, 2.75) is 51.0 Å².